The van der Waals surface area contributed by atoms with Gasteiger partial charge in [0, 0.05) is 29.3 Å². The molecule has 1 aliphatic rings. The quantitative estimate of drug-likeness (QED) is 0.498. The van der Waals surface area contributed by atoms with Crippen molar-refractivity contribution in [2.45, 2.75) is 25.8 Å². The maximum Gasteiger partial charge on any atom is 0.227 e. The fourth-order valence-electron chi connectivity index (χ4n) is 4.28. The molecule has 0 bridgehead atoms. The van der Waals surface area contributed by atoms with E-state index < -0.39 is 0 Å². The summed E-state index contributed by atoms with van der Waals surface area (Å²) >= 11 is 1.40. The van der Waals surface area contributed by atoms with Gasteiger partial charge in [0.05, 0.1) is 17.0 Å². The number of nitrogens with one attached hydrogen (secondary N) is 1. The van der Waals surface area contributed by atoms with Crippen molar-refractivity contribution in [3.8, 4) is 0 Å². The molecule has 1 N–H and O–H groups in total. The van der Waals surface area contributed by atoms with Crippen molar-refractivity contribution < 1.29 is 9.59 Å². The van der Waals surface area contributed by atoms with Crippen LogP contribution in [-0.2, 0) is 17.6 Å². The third-order valence-electron chi connectivity index (χ3n) is 5.68. The normalized spacial score (nSPS) is 15.9. The first kappa shape index (κ1) is 18.8. The molecule has 0 unspecified atom stereocenters. The van der Waals surface area contributed by atoms with Crippen LogP contribution in [0.15, 0.2) is 60.1 Å². The summed E-state index contributed by atoms with van der Waals surface area (Å²) in [5.74, 6) is 0.0774. The van der Waals surface area contributed by atoms with Gasteiger partial charge >= 0.3 is 0 Å². The monoisotopic (exact) mass is 415 g/mol. The van der Waals surface area contributed by atoms with E-state index >= 15 is 0 Å². The van der Waals surface area contributed by atoms with E-state index in [4.69, 9.17) is 0 Å². The predicted octanol–water partition coefficient (Wildman–Crippen LogP) is 4.54. The van der Waals surface area contributed by atoms with Gasteiger partial charge in [-0.15, -0.1) is 11.3 Å². The SMILES string of the molecule is CC(=O)c1cc(CC(=O)N2CCc3c([nH]c4ccccc34)[C@@H]2c2ccccn2)cs1. The predicted molar refractivity (Wildman–Crippen MR) is 118 cm³/mol. The number of carbonyl (C=O) groups excluding carboxylic acids is 2. The number of pyridine rings is 1. The summed E-state index contributed by atoms with van der Waals surface area (Å²) in [7, 11) is 0. The Balaban J connectivity index is 1.53. The summed E-state index contributed by atoms with van der Waals surface area (Å²) in [4.78, 5) is 35.7. The molecule has 30 heavy (non-hydrogen) atoms. The van der Waals surface area contributed by atoms with E-state index in [1.54, 1.807) is 13.1 Å². The lowest BCUT2D eigenvalue weighted by Crippen LogP contribution is -2.41. The highest BCUT2D eigenvalue weighted by molar-refractivity contribution is 7.12. The van der Waals surface area contributed by atoms with Gasteiger partial charge in [0.2, 0.25) is 5.91 Å². The highest BCUT2D eigenvalue weighted by atomic mass is 32.1. The number of aromatic amines is 1. The zero-order valence-corrected chi connectivity index (χ0v) is 17.4. The van der Waals surface area contributed by atoms with Gasteiger partial charge in [-0.3, -0.25) is 14.6 Å². The highest BCUT2D eigenvalue weighted by Crippen LogP contribution is 2.38. The second kappa shape index (κ2) is 7.54. The molecule has 3 aromatic heterocycles. The van der Waals surface area contributed by atoms with E-state index in [0.29, 0.717) is 11.4 Å². The molecule has 1 atom stereocenters. The number of thiophene rings is 1. The maximum atomic E-state index is 13.4. The number of aromatic nitrogens is 2. The summed E-state index contributed by atoms with van der Waals surface area (Å²) in [6.45, 7) is 2.19. The van der Waals surface area contributed by atoms with Crippen LogP contribution in [0.5, 0.6) is 0 Å². The van der Waals surface area contributed by atoms with Gasteiger partial charge in [0.1, 0.15) is 6.04 Å². The molecule has 0 aliphatic carbocycles. The van der Waals surface area contributed by atoms with Gasteiger partial charge in [-0.05, 0) is 54.1 Å². The molecule has 5 nitrogen and oxygen atoms in total. The Bertz CT molecular complexity index is 1240. The summed E-state index contributed by atoms with van der Waals surface area (Å²) in [5, 5.41) is 3.12. The van der Waals surface area contributed by atoms with Gasteiger partial charge in [-0.25, -0.2) is 0 Å². The van der Waals surface area contributed by atoms with Crippen LogP contribution >= 0.6 is 11.3 Å². The third-order valence-corrected chi connectivity index (χ3v) is 6.76. The molecule has 4 aromatic rings. The number of H-pyrrole nitrogens is 1. The second-order valence-corrected chi connectivity index (χ2v) is 8.52. The number of nitrogens with zero attached hydrogens (tertiary/aromatic N) is 2. The summed E-state index contributed by atoms with van der Waals surface area (Å²) in [5.41, 5.74) is 5.14. The third kappa shape index (κ3) is 3.23. The number of ketones is 1. The van der Waals surface area contributed by atoms with Crippen LogP contribution in [0.25, 0.3) is 10.9 Å². The van der Waals surface area contributed by atoms with Crippen LogP contribution in [-0.4, -0.2) is 33.1 Å². The minimum Gasteiger partial charge on any atom is -0.356 e. The lowest BCUT2D eigenvalue weighted by molar-refractivity contribution is -0.132. The molecular formula is C24H21N3O2S. The molecule has 0 fully saturated rings. The Morgan fingerprint density at radius 3 is 2.80 bits per heavy atom. The number of para-hydroxylation sites is 1. The Kier molecular flexibility index (Phi) is 4.71. The van der Waals surface area contributed by atoms with Crippen LogP contribution in [0.2, 0.25) is 0 Å². The van der Waals surface area contributed by atoms with Crippen LogP contribution in [0.1, 0.15) is 45.2 Å². The number of Topliss-reactive ketones (excluding diaryl/α,β-unsaturated/α-hetero) is 1. The van der Waals surface area contributed by atoms with Gasteiger partial charge in [0.15, 0.2) is 5.78 Å². The number of amides is 1. The van der Waals surface area contributed by atoms with E-state index in [-0.39, 0.29) is 24.2 Å². The fourth-order valence-corrected chi connectivity index (χ4v) is 5.10. The molecule has 4 heterocycles. The zero-order chi connectivity index (χ0) is 20.7. The minimum atomic E-state index is -0.249. The fraction of sp³-hybridized carbons (Fsp3) is 0.208. The first-order valence-corrected chi connectivity index (χ1v) is 10.9. The number of rotatable bonds is 4. The van der Waals surface area contributed by atoms with Crippen LogP contribution in [0.3, 0.4) is 0 Å². The first-order chi connectivity index (χ1) is 14.6. The van der Waals surface area contributed by atoms with Crippen molar-refractivity contribution in [3.63, 3.8) is 0 Å². The number of hydrogen-bond donors (Lipinski definition) is 1. The second-order valence-electron chi connectivity index (χ2n) is 7.61. The number of fused-ring (bicyclic) bond motifs is 3. The molecule has 1 amide bonds. The van der Waals surface area contributed by atoms with Crippen LogP contribution < -0.4 is 0 Å². The van der Waals surface area contributed by atoms with Gasteiger partial charge in [-0.2, -0.15) is 0 Å². The molecule has 150 valence electrons. The molecule has 0 saturated heterocycles. The molecule has 5 rings (SSSR count). The standard InChI is InChI=1S/C24H21N3O2S/c1-15(28)21-12-16(14-30-21)13-22(29)27-11-9-18-17-6-2-3-7-19(17)26-23(18)24(27)20-8-4-5-10-25-20/h2-8,10,12,14,24,26H,9,11,13H2,1H3/t24-/m0/s1. The number of hydrogen-bond acceptors (Lipinski definition) is 4. The number of carbonyl (C=O) groups is 2. The average Bonchev–Trinajstić information content (AvgIpc) is 3.38. The van der Waals surface area contributed by atoms with Crippen molar-refractivity contribution in [2.75, 3.05) is 6.54 Å². The maximum absolute atomic E-state index is 13.4. The Labute approximate surface area is 178 Å². The van der Waals surface area contributed by atoms with Gasteiger partial charge < -0.3 is 9.88 Å². The summed E-state index contributed by atoms with van der Waals surface area (Å²) in [6, 6.07) is 15.7. The smallest absolute Gasteiger partial charge is 0.227 e. The number of benzene rings is 1. The molecule has 0 saturated carbocycles. The van der Waals surface area contributed by atoms with Crippen molar-refractivity contribution in [1.29, 1.82) is 0 Å². The first-order valence-electron chi connectivity index (χ1n) is 10.00. The Hall–Kier alpha value is -3.25. The van der Waals surface area contributed by atoms with E-state index in [2.05, 4.69) is 22.1 Å². The van der Waals surface area contributed by atoms with E-state index in [9.17, 15) is 9.59 Å². The van der Waals surface area contributed by atoms with E-state index in [1.807, 2.05) is 46.7 Å². The largest absolute Gasteiger partial charge is 0.356 e. The van der Waals surface area contributed by atoms with Gasteiger partial charge in [0.25, 0.3) is 0 Å². The van der Waals surface area contributed by atoms with Crippen LogP contribution in [0, 0.1) is 0 Å². The summed E-state index contributed by atoms with van der Waals surface area (Å²) in [6.07, 6.45) is 2.85. The highest BCUT2D eigenvalue weighted by Gasteiger charge is 2.35. The van der Waals surface area contributed by atoms with Crippen LogP contribution in [0.4, 0.5) is 0 Å². The van der Waals surface area contributed by atoms with Crippen molar-refractivity contribution in [3.05, 3.63) is 87.5 Å². The average molecular weight is 416 g/mol. The Morgan fingerprint density at radius 1 is 1.20 bits per heavy atom. The molecule has 6 heteroatoms. The van der Waals surface area contributed by atoms with Gasteiger partial charge in [-0.1, -0.05) is 24.3 Å². The zero-order valence-electron chi connectivity index (χ0n) is 16.6. The topological polar surface area (TPSA) is 66.1 Å². The van der Waals surface area contributed by atoms with E-state index in [0.717, 1.165) is 28.9 Å². The molecule has 0 radical (unpaired) electrons. The molecule has 0 spiro atoms. The van der Waals surface area contributed by atoms with Crippen molar-refractivity contribution in [1.82, 2.24) is 14.9 Å². The Morgan fingerprint density at radius 2 is 2.03 bits per heavy atom. The molecular weight excluding hydrogens is 394 g/mol. The summed E-state index contributed by atoms with van der Waals surface area (Å²) < 4.78 is 0. The molecule has 1 aliphatic heterocycles. The van der Waals surface area contributed by atoms with Crippen molar-refractivity contribution >= 4 is 33.9 Å². The lowest BCUT2D eigenvalue weighted by Gasteiger charge is -2.35. The lowest BCUT2D eigenvalue weighted by atomic mass is 9.94. The molecule has 1 aromatic carbocycles. The van der Waals surface area contributed by atoms with E-state index in [1.165, 1.54) is 22.3 Å². The minimum absolute atomic E-state index is 0.0331. The van der Waals surface area contributed by atoms with Crippen molar-refractivity contribution in [2.24, 2.45) is 0 Å².